The number of hydrogen-bond donors (Lipinski definition) is 2. The molecule has 126 valence electrons. The zero-order valence-electron chi connectivity index (χ0n) is 13.0. The minimum atomic E-state index is -0.576. The minimum Gasteiger partial charge on any atom is -0.332 e. The molecule has 0 unspecified atom stereocenters. The van der Waals surface area contributed by atoms with Gasteiger partial charge in [-0.1, -0.05) is 17.7 Å². The van der Waals surface area contributed by atoms with Crippen molar-refractivity contribution >= 4 is 40.4 Å². The van der Waals surface area contributed by atoms with Gasteiger partial charge in [0.15, 0.2) is 5.15 Å². The molecule has 3 aromatic heterocycles. The number of aryl methyl sites for hydroxylation is 1. The molecule has 3 aromatic rings. The molecule has 0 fully saturated rings. The highest BCUT2D eigenvalue weighted by molar-refractivity contribution is 6.32. The van der Waals surface area contributed by atoms with Crippen LogP contribution in [0.2, 0.25) is 5.15 Å². The molecule has 0 saturated heterocycles. The van der Waals surface area contributed by atoms with Crippen molar-refractivity contribution < 1.29 is 4.92 Å². The van der Waals surface area contributed by atoms with Crippen LogP contribution < -0.4 is 10.6 Å². The molecule has 0 aliphatic heterocycles. The lowest BCUT2D eigenvalue weighted by Crippen LogP contribution is -2.07. The second kappa shape index (κ2) is 7.05. The number of anilines is 4. The molecule has 10 heteroatoms. The van der Waals surface area contributed by atoms with Gasteiger partial charge in [-0.2, -0.15) is 0 Å². The number of hydrogen-bond acceptors (Lipinski definition) is 8. The van der Waals surface area contributed by atoms with Crippen LogP contribution in [0.25, 0.3) is 0 Å². The smallest absolute Gasteiger partial charge is 0.332 e. The zero-order chi connectivity index (χ0) is 17.8. The van der Waals surface area contributed by atoms with Gasteiger partial charge in [-0.3, -0.25) is 10.1 Å². The third kappa shape index (κ3) is 3.61. The summed E-state index contributed by atoms with van der Waals surface area (Å²) in [5, 5.41) is 17.4. The van der Waals surface area contributed by atoms with Crippen LogP contribution in [0.4, 0.5) is 28.8 Å². The molecule has 0 aliphatic carbocycles. The monoisotopic (exact) mass is 357 g/mol. The lowest BCUT2D eigenvalue weighted by Gasteiger charge is -2.11. The third-order valence-electron chi connectivity index (χ3n) is 3.26. The number of nitrogens with one attached hydrogen (secondary N) is 2. The molecule has 0 bridgehead atoms. The molecule has 0 radical (unpaired) electrons. The van der Waals surface area contributed by atoms with Crippen LogP contribution in [0.3, 0.4) is 0 Å². The molecule has 3 rings (SSSR count). The van der Waals surface area contributed by atoms with E-state index in [9.17, 15) is 10.1 Å². The first kappa shape index (κ1) is 16.5. The van der Waals surface area contributed by atoms with Crippen LogP contribution in [-0.4, -0.2) is 24.9 Å². The SMILES string of the molecule is Cc1cccnc1Nc1ncnc(Nc2cccnc2Cl)c1[N+](=O)[O-]. The van der Waals surface area contributed by atoms with Crippen molar-refractivity contribution in [1.82, 2.24) is 19.9 Å². The summed E-state index contributed by atoms with van der Waals surface area (Å²) >= 11 is 5.98. The maximum atomic E-state index is 11.6. The van der Waals surface area contributed by atoms with Gasteiger partial charge < -0.3 is 10.6 Å². The minimum absolute atomic E-state index is 0.00835. The fourth-order valence-corrected chi connectivity index (χ4v) is 2.24. The van der Waals surface area contributed by atoms with Crippen LogP contribution in [-0.2, 0) is 0 Å². The molecular weight excluding hydrogens is 346 g/mol. The summed E-state index contributed by atoms with van der Waals surface area (Å²) in [5.74, 6) is 0.477. The first-order valence-corrected chi connectivity index (χ1v) is 7.49. The van der Waals surface area contributed by atoms with E-state index in [1.807, 2.05) is 13.0 Å². The summed E-state index contributed by atoms with van der Waals surface area (Å²) in [4.78, 5) is 27.0. The van der Waals surface area contributed by atoms with Gasteiger partial charge >= 0.3 is 5.69 Å². The Labute approximate surface area is 147 Å². The molecule has 0 atom stereocenters. The third-order valence-corrected chi connectivity index (χ3v) is 3.56. The van der Waals surface area contributed by atoms with Gasteiger partial charge in [0.1, 0.15) is 12.1 Å². The molecule has 0 spiro atoms. The highest BCUT2D eigenvalue weighted by Crippen LogP contribution is 2.34. The quantitative estimate of drug-likeness (QED) is 0.403. The van der Waals surface area contributed by atoms with E-state index in [1.165, 1.54) is 12.5 Å². The van der Waals surface area contributed by atoms with Crippen LogP contribution in [0, 0.1) is 17.0 Å². The maximum Gasteiger partial charge on any atom is 0.353 e. The molecule has 2 N–H and O–H groups in total. The molecule has 25 heavy (non-hydrogen) atoms. The van der Waals surface area contributed by atoms with E-state index < -0.39 is 4.92 Å². The van der Waals surface area contributed by atoms with Gasteiger partial charge in [-0.05, 0) is 30.7 Å². The fourth-order valence-electron chi connectivity index (χ4n) is 2.07. The van der Waals surface area contributed by atoms with E-state index in [-0.39, 0.29) is 22.5 Å². The lowest BCUT2D eigenvalue weighted by molar-refractivity contribution is -0.383. The number of aromatic nitrogens is 4. The number of rotatable bonds is 5. The number of nitrogens with zero attached hydrogens (tertiary/aromatic N) is 5. The van der Waals surface area contributed by atoms with Gasteiger partial charge in [-0.15, -0.1) is 0 Å². The molecule has 9 nitrogen and oxygen atoms in total. The molecular formula is C15H12ClN7O2. The van der Waals surface area contributed by atoms with Crippen molar-refractivity contribution in [3.63, 3.8) is 0 Å². The summed E-state index contributed by atoms with van der Waals surface area (Å²) in [5.41, 5.74) is 0.888. The first-order valence-electron chi connectivity index (χ1n) is 7.12. The van der Waals surface area contributed by atoms with Crippen molar-refractivity contribution in [2.45, 2.75) is 6.92 Å². The highest BCUT2D eigenvalue weighted by atomic mass is 35.5. The Kier molecular flexibility index (Phi) is 4.66. The van der Waals surface area contributed by atoms with E-state index >= 15 is 0 Å². The van der Waals surface area contributed by atoms with Crippen LogP contribution in [0.15, 0.2) is 43.0 Å². The Morgan fingerprint density at radius 2 is 1.68 bits per heavy atom. The Morgan fingerprint density at radius 1 is 1.00 bits per heavy atom. The second-order valence-electron chi connectivity index (χ2n) is 4.94. The molecule has 3 heterocycles. The van der Waals surface area contributed by atoms with Gasteiger partial charge in [0, 0.05) is 12.4 Å². The Morgan fingerprint density at radius 3 is 2.36 bits per heavy atom. The van der Waals surface area contributed by atoms with E-state index in [1.54, 1.807) is 24.4 Å². The van der Waals surface area contributed by atoms with Gasteiger partial charge in [0.05, 0.1) is 10.6 Å². The van der Waals surface area contributed by atoms with E-state index in [4.69, 9.17) is 11.6 Å². The second-order valence-corrected chi connectivity index (χ2v) is 5.30. The van der Waals surface area contributed by atoms with Crippen molar-refractivity contribution in [2.24, 2.45) is 0 Å². The summed E-state index contributed by atoms with van der Waals surface area (Å²) in [6.45, 7) is 1.83. The first-order chi connectivity index (χ1) is 12.1. The predicted octanol–water partition coefficient (Wildman–Crippen LogP) is 3.62. The Bertz CT molecular complexity index is 870. The Hall–Kier alpha value is -3.33. The maximum absolute atomic E-state index is 11.6. The standard InChI is InChI=1S/C15H12ClN7O2/c1-9-4-2-7-18-13(9)22-15-11(23(24)25)14(19-8-20-15)21-10-5-3-6-17-12(10)16/h2-8H,1H3,(H2,18,19,20,21,22). The fraction of sp³-hybridized carbons (Fsp3) is 0.0667. The van der Waals surface area contributed by atoms with E-state index in [2.05, 4.69) is 30.6 Å². The number of pyridine rings is 2. The molecule has 0 saturated carbocycles. The summed E-state index contributed by atoms with van der Waals surface area (Å²) in [7, 11) is 0. The molecule has 0 amide bonds. The summed E-state index contributed by atoms with van der Waals surface area (Å²) in [6.07, 6.45) is 4.30. The number of halogens is 1. The van der Waals surface area contributed by atoms with Crippen molar-refractivity contribution in [3.8, 4) is 0 Å². The average molecular weight is 358 g/mol. The Balaban J connectivity index is 2.02. The topological polar surface area (TPSA) is 119 Å². The largest absolute Gasteiger partial charge is 0.353 e. The van der Waals surface area contributed by atoms with E-state index in [0.717, 1.165) is 5.56 Å². The van der Waals surface area contributed by atoms with Crippen molar-refractivity contribution in [2.75, 3.05) is 10.6 Å². The van der Waals surface area contributed by atoms with Crippen molar-refractivity contribution in [3.05, 3.63) is 63.8 Å². The van der Waals surface area contributed by atoms with Crippen LogP contribution >= 0.6 is 11.6 Å². The van der Waals surface area contributed by atoms with Crippen LogP contribution in [0.5, 0.6) is 0 Å². The summed E-state index contributed by atoms with van der Waals surface area (Å²) in [6, 6.07) is 6.89. The number of nitro groups is 1. The average Bonchev–Trinajstić information content (AvgIpc) is 2.59. The van der Waals surface area contributed by atoms with E-state index in [0.29, 0.717) is 11.5 Å². The normalized spacial score (nSPS) is 10.3. The molecule has 0 aliphatic rings. The van der Waals surface area contributed by atoms with Gasteiger partial charge in [0.25, 0.3) is 0 Å². The van der Waals surface area contributed by atoms with Gasteiger partial charge in [0.2, 0.25) is 11.6 Å². The lowest BCUT2D eigenvalue weighted by atomic mass is 10.3. The van der Waals surface area contributed by atoms with Gasteiger partial charge in [-0.25, -0.2) is 19.9 Å². The van der Waals surface area contributed by atoms with Crippen LogP contribution in [0.1, 0.15) is 5.56 Å². The zero-order valence-corrected chi connectivity index (χ0v) is 13.7. The highest BCUT2D eigenvalue weighted by Gasteiger charge is 2.24. The molecule has 0 aromatic carbocycles. The summed E-state index contributed by atoms with van der Waals surface area (Å²) < 4.78 is 0. The van der Waals surface area contributed by atoms with Crippen molar-refractivity contribution in [1.29, 1.82) is 0 Å². The predicted molar refractivity (Wildman–Crippen MR) is 93.5 cm³/mol.